The van der Waals surface area contributed by atoms with Gasteiger partial charge < -0.3 is 10.2 Å². The van der Waals surface area contributed by atoms with E-state index in [2.05, 4.69) is 19.9 Å². The molecule has 0 bridgehead atoms. The number of phenolic OH excluding ortho intramolecular Hbond substituents is 2. The predicted molar refractivity (Wildman–Crippen MR) is 99.8 cm³/mol. The van der Waals surface area contributed by atoms with Crippen molar-refractivity contribution in [3.05, 3.63) is 34.9 Å². The van der Waals surface area contributed by atoms with Gasteiger partial charge in [0.1, 0.15) is 11.5 Å². The van der Waals surface area contributed by atoms with Gasteiger partial charge in [-0.15, -0.1) is 0 Å². The zero-order valence-corrected chi connectivity index (χ0v) is 15.3. The van der Waals surface area contributed by atoms with Crippen LogP contribution in [0, 0.1) is 0 Å². The topological polar surface area (TPSA) is 40.5 Å². The average molecular weight is 328 g/mol. The summed E-state index contributed by atoms with van der Waals surface area (Å²) in [6.07, 6.45) is 14.2. The van der Waals surface area contributed by atoms with E-state index in [-0.39, 0.29) is 11.3 Å². The van der Waals surface area contributed by atoms with Crippen molar-refractivity contribution in [2.24, 2.45) is 0 Å². The second kappa shape index (κ2) is 7.21. The minimum absolute atomic E-state index is 0.160. The normalized spacial score (nSPS) is 22.2. The van der Waals surface area contributed by atoms with Gasteiger partial charge in [0.05, 0.1) is 0 Å². The smallest absolute Gasteiger partial charge is 0.123 e. The molecule has 0 aromatic heterocycles. The lowest BCUT2D eigenvalue weighted by molar-refractivity contribution is 0.424. The number of allylic oxidation sites excluding steroid dienone is 2. The van der Waals surface area contributed by atoms with Gasteiger partial charge in [0, 0.05) is 11.5 Å². The molecular formula is C22H32O2. The molecule has 0 radical (unpaired) electrons. The van der Waals surface area contributed by atoms with Crippen molar-refractivity contribution in [3.8, 4) is 11.5 Å². The van der Waals surface area contributed by atoms with Gasteiger partial charge in [-0.3, -0.25) is 0 Å². The maximum Gasteiger partial charge on any atom is 0.123 e. The number of unbranched alkanes of at least 4 members (excludes halogenated alkanes) is 3. The van der Waals surface area contributed by atoms with Crippen molar-refractivity contribution in [3.63, 3.8) is 0 Å². The van der Waals surface area contributed by atoms with E-state index in [1.165, 1.54) is 50.5 Å². The Balaban J connectivity index is 1.79. The molecule has 2 aliphatic rings. The molecule has 1 saturated carbocycles. The molecule has 0 saturated heterocycles. The van der Waals surface area contributed by atoms with Gasteiger partial charge in [-0.05, 0) is 68.6 Å². The molecular weight excluding hydrogens is 296 g/mol. The molecule has 24 heavy (non-hydrogen) atoms. The summed E-state index contributed by atoms with van der Waals surface area (Å²) in [5.41, 5.74) is 3.47. The van der Waals surface area contributed by atoms with Crippen molar-refractivity contribution in [2.75, 3.05) is 0 Å². The highest BCUT2D eigenvalue weighted by Gasteiger charge is 2.44. The Labute approximate surface area is 146 Å². The fourth-order valence-corrected chi connectivity index (χ4v) is 4.37. The van der Waals surface area contributed by atoms with Gasteiger partial charge in [0.15, 0.2) is 0 Å². The summed E-state index contributed by atoms with van der Waals surface area (Å²) in [5, 5.41) is 21.2. The van der Waals surface area contributed by atoms with Gasteiger partial charge in [-0.2, -0.15) is 0 Å². The Hall–Kier alpha value is -1.44. The second-order valence-corrected chi connectivity index (χ2v) is 8.03. The summed E-state index contributed by atoms with van der Waals surface area (Å²) in [7, 11) is 0. The Bertz CT molecular complexity index is 587. The van der Waals surface area contributed by atoms with Crippen molar-refractivity contribution in [1.29, 1.82) is 0 Å². The summed E-state index contributed by atoms with van der Waals surface area (Å²) in [6, 6.07) is 3.89. The molecule has 1 atom stereocenters. The predicted octanol–water partition coefficient (Wildman–Crippen LogP) is 6.31. The van der Waals surface area contributed by atoms with Crippen LogP contribution >= 0.6 is 0 Å². The van der Waals surface area contributed by atoms with Crippen LogP contribution in [0.5, 0.6) is 11.5 Å². The Kier molecular flexibility index (Phi) is 5.22. The van der Waals surface area contributed by atoms with Crippen molar-refractivity contribution in [1.82, 2.24) is 0 Å². The minimum atomic E-state index is 0.160. The molecule has 1 aromatic carbocycles. The molecule has 2 N–H and O–H groups in total. The standard InChI is InChI=1S/C22H32O2/c1-3-4-5-6-10-22(11-12-22)18-14-19(23)21(20(24)15-18)17-9-7-8-16(2)13-17/h13-15,17,23-24H,3-12H2,1-2H3/t17-/m0/s1. The summed E-state index contributed by atoms with van der Waals surface area (Å²) >= 11 is 0. The van der Waals surface area contributed by atoms with E-state index in [1.54, 1.807) is 0 Å². The van der Waals surface area contributed by atoms with Crippen LogP contribution in [0.1, 0.15) is 95.1 Å². The van der Waals surface area contributed by atoms with Gasteiger partial charge in [0.25, 0.3) is 0 Å². The molecule has 0 aliphatic heterocycles. The van der Waals surface area contributed by atoms with Gasteiger partial charge in [-0.1, -0.05) is 44.3 Å². The minimum Gasteiger partial charge on any atom is -0.507 e. The summed E-state index contributed by atoms with van der Waals surface area (Å²) < 4.78 is 0. The van der Waals surface area contributed by atoms with Crippen molar-refractivity contribution >= 4 is 0 Å². The number of hydrogen-bond donors (Lipinski definition) is 2. The van der Waals surface area contributed by atoms with Gasteiger partial charge in [0.2, 0.25) is 0 Å². The highest BCUT2D eigenvalue weighted by Crippen LogP contribution is 2.54. The van der Waals surface area contributed by atoms with Crippen LogP contribution in [0.4, 0.5) is 0 Å². The summed E-state index contributed by atoms with van der Waals surface area (Å²) in [5.74, 6) is 0.745. The third-order valence-electron chi connectivity index (χ3n) is 6.05. The lowest BCUT2D eigenvalue weighted by Gasteiger charge is -2.24. The van der Waals surface area contributed by atoms with Crippen LogP contribution in [0.3, 0.4) is 0 Å². The third kappa shape index (κ3) is 3.63. The Morgan fingerprint density at radius 3 is 2.38 bits per heavy atom. The lowest BCUT2D eigenvalue weighted by atomic mass is 9.82. The largest absolute Gasteiger partial charge is 0.507 e. The van der Waals surface area contributed by atoms with Crippen LogP contribution in [-0.4, -0.2) is 10.2 Å². The molecule has 0 spiro atoms. The first kappa shape index (κ1) is 17.4. The zero-order chi connectivity index (χ0) is 17.2. The fourth-order valence-electron chi connectivity index (χ4n) is 4.37. The number of aromatic hydroxyl groups is 2. The maximum absolute atomic E-state index is 10.6. The second-order valence-electron chi connectivity index (χ2n) is 8.03. The Morgan fingerprint density at radius 1 is 1.08 bits per heavy atom. The number of benzene rings is 1. The first-order valence-electron chi connectivity index (χ1n) is 9.79. The fraction of sp³-hybridized carbons (Fsp3) is 0.636. The molecule has 0 unspecified atom stereocenters. The van der Waals surface area contributed by atoms with E-state index in [0.717, 1.165) is 30.4 Å². The van der Waals surface area contributed by atoms with E-state index in [4.69, 9.17) is 0 Å². The molecule has 1 aromatic rings. The molecule has 2 heteroatoms. The molecule has 2 nitrogen and oxygen atoms in total. The van der Waals surface area contributed by atoms with Crippen LogP contribution < -0.4 is 0 Å². The molecule has 2 aliphatic carbocycles. The third-order valence-corrected chi connectivity index (χ3v) is 6.05. The van der Waals surface area contributed by atoms with E-state index >= 15 is 0 Å². The highest BCUT2D eigenvalue weighted by molar-refractivity contribution is 5.53. The van der Waals surface area contributed by atoms with Gasteiger partial charge >= 0.3 is 0 Å². The average Bonchev–Trinajstić information content (AvgIpc) is 3.32. The number of phenols is 2. The molecule has 0 heterocycles. The van der Waals surface area contributed by atoms with Crippen LogP contribution in [0.25, 0.3) is 0 Å². The molecule has 0 amide bonds. The monoisotopic (exact) mass is 328 g/mol. The van der Waals surface area contributed by atoms with Crippen molar-refractivity contribution in [2.45, 2.75) is 89.4 Å². The van der Waals surface area contributed by atoms with Crippen molar-refractivity contribution < 1.29 is 10.2 Å². The van der Waals surface area contributed by atoms with Crippen LogP contribution in [0.15, 0.2) is 23.8 Å². The van der Waals surface area contributed by atoms with E-state index in [0.29, 0.717) is 11.5 Å². The zero-order valence-electron chi connectivity index (χ0n) is 15.3. The maximum atomic E-state index is 10.6. The quantitative estimate of drug-likeness (QED) is 0.454. The summed E-state index contributed by atoms with van der Waals surface area (Å²) in [6.45, 7) is 4.38. The first-order chi connectivity index (χ1) is 11.6. The lowest BCUT2D eigenvalue weighted by Crippen LogP contribution is -2.08. The number of rotatable bonds is 7. The number of hydrogen-bond acceptors (Lipinski definition) is 2. The van der Waals surface area contributed by atoms with Crippen LogP contribution in [0.2, 0.25) is 0 Å². The molecule has 132 valence electrons. The highest BCUT2D eigenvalue weighted by atomic mass is 16.3. The first-order valence-corrected chi connectivity index (χ1v) is 9.79. The van der Waals surface area contributed by atoms with E-state index < -0.39 is 0 Å². The summed E-state index contributed by atoms with van der Waals surface area (Å²) in [4.78, 5) is 0. The molecule has 1 fully saturated rings. The molecule has 3 rings (SSSR count). The SMILES string of the molecule is CCCCCCC1(c2cc(O)c([C@@H]3C=C(C)CCC3)c(O)c2)CC1. The Morgan fingerprint density at radius 2 is 1.79 bits per heavy atom. The van der Waals surface area contributed by atoms with E-state index in [9.17, 15) is 10.2 Å². The van der Waals surface area contributed by atoms with Gasteiger partial charge in [-0.25, -0.2) is 0 Å². The van der Waals surface area contributed by atoms with E-state index in [1.807, 2.05) is 12.1 Å². The van der Waals surface area contributed by atoms with Crippen LogP contribution in [-0.2, 0) is 5.41 Å².